The summed E-state index contributed by atoms with van der Waals surface area (Å²) in [5.74, 6) is 9.39. The Hall–Kier alpha value is -0.897. The van der Waals surface area contributed by atoms with E-state index in [0.29, 0.717) is 0 Å². The van der Waals surface area contributed by atoms with E-state index in [1.54, 1.807) is 0 Å². The molecule has 0 aliphatic heterocycles. The van der Waals surface area contributed by atoms with E-state index in [9.17, 15) is 26.3 Å². The molecule has 2 aromatic heterocycles. The van der Waals surface area contributed by atoms with Gasteiger partial charge in [0.1, 0.15) is 0 Å². The van der Waals surface area contributed by atoms with E-state index < -0.39 is 31.3 Å². The SMILES string of the molecule is C[C]1[C](C)[C](C)[C](C)[C]1C.Cn1cc(C(C)(C)C)nc1SCCSc1nc(C(C)(C)C)cn1C.O.O=S(=O)([O-])C(F)(F)F.O=S(=O)([O-])C(F)(F)F.[Rh+3]. The molecule has 2 N–H and O–H groups in total. The normalized spacial score (nSPS) is 15.7. The zero-order valence-corrected chi connectivity index (χ0v) is 35.9. The molecule has 0 atom stereocenters. The van der Waals surface area contributed by atoms with Gasteiger partial charge in [-0.25, -0.2) is 26.8 Å². The second-order valence-corrected chi connectivity index (χ2v) is 18.0. The van der Waals surface area contributed by atoms with Gasteiger partial charge in [0.25, 0.3) is 0 Å². The van der Waals surface area contributed by atoms with Gasteiger partial charge < -0.3 is 23.7 Å². The Kier molecular flexibility index (Phi) is 22.2. The van der Waals surface area contributed by atoms with Gasteiger partial charge in [0.2, 0.25) is 0 Å². The van der Waals surface area contributed by atoms with Crippen LogP contribution in [0.5, 0.6) is 0 Å². The van der Waals surface area contributed by atoms with Crippen molar-refractivity contribution < 1.29 is 77.2 Å². The fraction of sp³-hybridized carbons (Fsp3) is 0.633. The van der Waals surface area contributed by atoms with Crippen molar-refractivity contribution in [1.29, 1.82) is 0 Å². The topological polar surface area (TPSA) is 182 Å². The zero-order chi connectivity index (χ0) is 40.0. The molecule has 303 valence electrons. The molecule has 0 spiro atoms. The summed E-state index contributed by atoms with van der Waals surface area (Å²) in [5.41, 5.74) is -8.79. The molecule has 0 amide bonds. The first-order valence-corrected chi connectivity index (χ1v) is 19.4. The molecule has 3 rings (SSSR count). The molecular formula is C30H47F6N4O7RhS4+. The van der Waals surface area contributed by atoms with Crippen LogP contribution in [-0.2, 0) is 64.6 Å². The number of thioether (sulfide) groups is 2. The molecule has 52 heavy (non-hydrogen) atoms. The largest absolute Gasteiger partial charge is 3.00 e. The van der Waals surface area contributed by atoms with Crippen LogP contribution < -0.4 is 0 Å². The second-order valence-electron chi connectivity index (χ2n) is 13.2. The number of aryl methyl sites for hydroxylation is 2. The Morgan fingerprint density at radius 3 is 0.923 bits per heavy atom. The maximum Gasteiger partial charge on any atom is 3.00 e. The first kappa shape index (κ1) is 55.4. The van der Waals surface area contributed by atoms with Crippen molar-refractivity contribution in [1.82, 2.24) is 19.1 Å². The number of hydrogen-bond acceptors (Lipinski definition) is 10. The molecule has 1 saturated carbocycles. The van der Waals surface area contributed by atoms with Gasteiger partial charge in [0.05, 0.1) is 11.4 Å². The van der Waals surface area contributed by atoms with Crippen molar-refractivity contribution in [2.24, 2.45) is 14.1 Å². The Labute approximate surface area is 325 Å². The third-order valence-electron chi connectivity index (χ3n) is 7.13. The summed E-state index contributed by atoms with van der Waals surface area (Å²) < 4.78 is 122. The number of imidazole rings is 2. The molecule has 22 heteroatoms. The van der Waals surface area contributed by atoms with Crippen LogP contribution in [0.15, 0.2) is 22.7 Å². The maximum absolute atomic E-state index is 10.7. The van der Waals surface area contributed by atoms with Crippen molar-refractivity contribution in [3.8, 4) is 0 Å². The van der Waals surface area contributed by atoms with E-state index >= 15 is 0 Å². The molecular weight excluding hydrogens is 874 g/mol. The van der Waals surface area contributed by atoms with Crippen LogP contribution in [0.1, 0.15) is 87.5 Å². The summed E-state index contributed by atoms with van der Waals surface area (Å²) in [6.07, 6.45) is 4.29. The first-order chi connectivity index (χ1) is 22.0. The van der Waals surface area contributed by atoms with E-state index in [4.69, 9.17) is 35.9 Å². The fourth-order valence-corrected chi connectivity index (χ4v) is 5.43. The zero-order valence-electron chi connectivity index (χ0n) is 31.0. The van der Waals surface area contributed by atoms with E-state index in [2.05, 4.69) is 112 Å². The Morgan fingerprint density at radius 2 is 0.788 bits per heavy atom. The van der Waals surface area contributed by atoms with Crippen molar-refractivity contribution in [3.05, 3.63) is 53.4 Å². The summed E-state index contributed by atoms with van der Waals surface area (Å²) >= 11 is 3.63. The van der Waals surface area contributed by atoms with Gasteiger partial charge >= 0.3 is 30.5 Å². The van der Waals surface area contributed by atoms with E-state index in [1.807, 2.05) is 23.5 Å². The molecule has 11 nitrogen and oxygen atoms in total. The number of nitrogens with zero attached hydrogens (tertiary/aromatic N) is 4. The molecule has 0 unspecified atom stereocenters. The van der Waals surface area contributed by atoms with Gasteiger partial charge in [-0.3, -0.25) is 0 Å². The second kappa shape index (κ2) is 20.9. The molecule has 2 heterocycles. The van der Waals surface area contributed by atoms with Gasteiger partial charge in [0, 0.05) is 48.8 Å². The van der Waals surface area contributed by atoms with Crippen molar-refractivity contribution in [3.63, 3.8) is 0 Å². The maximum atomic E-state index is 10.7. The van der Waals surface area contributed by atoms with Gasteiger partial charge in [-0.05, 0) is 29.6 Å². The average Bonchev–Trinajstić information content (AvgIpc) is 3.53. The molecule has 0 saturated heterocycles. The summed E-state index contributed by atoms with van der Waals surface area (Å²) in [6, 6.07) is 0. The molecule has 1 aliphatic rings. The summed E-state index contributed by atoms with van der Waals surface area (Å²) in [7, 11) is -8.03. The number of aromatic nitrogens is 4. The third kappa shape index (κ3) is 17.7. The minimum absolute atomic E-state index is 0. The molecule has 2 aromatic rings. The number of hydrogen-bond donors (Lipinski definition) is 0. The Morgan fingerprint density at radius 1 is 0.596 bits per heavy atom. The van der Waals surface area contributed by atoms with Crippen LogP contribution >= 0.6 is 23.5 Å². The van der Waals surface area contributed by atoms with Gasteiger partial charge in [-0.15, -0.1) is 0 Å². The first-order valence-electron chi connectivity index (χ1n) is 14.6. The van der Waals surface area contributed by atoms with Crippen molar-refractivity contribution in [2.45, 2.75) is 108 Å². The number of rotatable bonds is 5. The monoisotopic (exact) mass is 920 g/mol. The summed E-state index contributed by atoms with van der Waals surface area (Å²) in [4.78, 5) is 9.55. The molecule has 0 aromatic carbocycles. The van der Waals surface area contributed by atoms with Crippen LogP contribution in [0.3, 0.4) is 0 Å². The van der Waals surface area contributed by atoms with Crippen LogP contribution in [0.25, 0.3) is 0 Å². The van der Waals surface area contributed by atoms with Crippen molar-refractivity contribution in [2.75, 3.05) is 11.5 Å². The number of alkyl halides is 6. The van der Waals surface area contributed by atoms with Crippen LogP contribution in [-0.4, -0.2) is 73.0 Å². The molecule has 1 aliphatic carbocycles. The standard InChI is InChI=1S/C18H30N4S2.C10H15.2CHF3O3S.H2O.Rh/c1-17(2,3)13-11-21(7)15(19-13)23-9-10-24-16-20-14(12-22(16)8)18(4,5)6;1-6-7(2)9(4)10(5)8(6)3;2*2-1(3,4)8(5,6)7;;/h11-12H,9-10H2,1-8H3;1-5H3;2*(H,5,6,7);1H2;/q;;;;;+3/p-2. The molecule has 1 fully saturated rings. The van der Waals surface area contributed by atoms with Gasteiger partial charge in [-0.1, -0.05) is 99.7 Å². The minimum Gasteiger partial charge on any atom is -0.741 e. The smallest absolute Gasteiger partial charge is 0.741 e. The van der Waals surface area contributed by atoms with E-state index in [-0.39, 0.29) is 35.8 Å². The molecule has 0 bridgehead atoms. The third-order valence-corrected chi connectivity index (χ3v) is 10.6. The van der Waals surface area contributed by atoms with Crippen LogP contribution in [0.2, 0.25) is 0 Å². The van der Waals surface area contributed by atoms with Crippen molar-refractivity contribution >= 4 is 43.8 Å². The van der Waals surface area contributed by atoms with Crippen LogP contribution in [0, 0.1) is 29.6 Å². The van der Waals surface area contributed by atoms with E-state index in [1.165, 1.54) is 29.6 Å². The van der Waals surface area contributed by atoms with E-state index in [0.717, 1.165) is 33.2 Å². The van der Waals surface area contributed by atoms with Gasteiger partial charge in [0.15, 0.2) is 30.5 Å². The Balaban J connectivity index is -0.000000710. The fourth-order valence-electron chi connectivity index (χ4n) is 3.56. The predicted molar refractivity (Wildman–Crippen MR) is 185 cm³/mol. The summed E-state index contributed by atoms with van der Waals surface area (Å²) in [6.45, 7) is 24.2. The summed E-state index contributed by atoms with van der Waals surface area (Å²) in [5, 5.41) is 2.19. The number of halogens is 6. The van der Waals surface area contributed by atoms with Crippen LogP contribution in [0.4, 0.5) is 26.3 Å². The average molecular weight is 921 g/mol. The van der Waals surface area contributed by atoms with Gasteiger partial charge in [-0.2, -0.15) is 26.3 Å². The Bertz CT molecular complexity index is 1440. The minimum atomic E-state index is -6.09. The quantitative estimate of drug-likeness (QED) is 0.0766. The predicted octanol–water partition coefficient (Wildman–Crippen LogP) is 6.88. The molecule has 5 radical (unpaired) electrons.